The molecule has 0 aromatic heterocycles. The molecule has 0 bridgehead atoms. The molecule has 1 aromatic rings. The van der Waals surface area contributed by atoms with Gasteiger partial charge >= 0.3 is 0 Å². The molecule has 0 aliphatic heterocycles. The van der Waals surface area contributed by atoms with E-state index in [-0.39, 0.29) is 10.8 Å². The molecule has 0 aliphatic carbocycles. The average Bonchev–Trinajstić information content (AvgIpc) is 2.31. The average molecular weight is 248 g/mol. The minimum atomic E-state index is 0.0225. The lowest BCUT2D eigenvalue weighted by Crippen LogP contribution is -2.20. The minimum absolute atomic E-state index is 0.0225. The van der Waals surface area contributed by atoms with E-state index in [9.17, 15) is 5.11 Å². The zero-order chi connectivity index (χ0) is 14.1. The molecule has 1 N–H and O–H groups in total. The summed E-state index contributed by atoms with van der Waals surface area (Å²) in [6.07, 6.45) is 2.12. The van der Waals surface area contributed by atoms with E-state index in [2.05, 4.69) is 53.7 Å². The number of hydrogen-bond donors (Lipinski definition) is 1. The van der Waals surface area contributed by atoms with E-state index in [1.54, 1.807) is 0 Å². The molecule has 0 heterocycles. The molecule has 102 valence electrons. The van der Waals surface area contributed by atoms with Crippen LogP contribution >= 0.6 is 0 Å². The number of phenols is 1. The third kappa shape index (κ3) is 2.71. The van der Waals surface area contributed by atoms with Gasteiger partial charge < -0.3 is 5.11 Å². The van der Waals surface area contributed by atoms with E-state index in [0.717, 1.165) is 24.0 Å². The number of benzene rings is 1. The second-order valence-electron chi connectivity index (χ2n) is 6.66. The van der Waals surface area contributed by atoms with Crippen LogP contribution in [0.2, 0.25) is 0 Å². The lowest BCUT2D eigenvalue weighted by Gasteiger charge is -2.30. The Morgan fingerprint density at radius 3 is 1.89 bits per heavy atom. The summed E-state index contributed by atoms with van der Waals surface area (Å²) in [7, 11) is 0. The number of phenolic OH excluding ortho intramolecular Hbond substituents is 1. The molecular formula is C17H28O. The van der Waals surface area contributed by atoms with Crippen molar-refractivity contribution in [2.45, 2.75) is 72.1 Å². The Labute approximate surface area is 112 Å². The third-order valence-electron chi connectivity index (χ3n) is 4.58. The van der Waals surface area contributed by atoms with Crippen LogP contribution in [0.15, 0.2) is 12.1 Å². The lowest BCUT2D eigenvalue weighted by molar-refractivity contribution is 0.421. The summed E-state index contributed by atoms with van der Waals surface area (Å²) in [4.78, 5) is 0. The molecule has 18 heavy (non-hydrogen) atoms. The number of aryl methyl sites for hydroxylation is 1. The van der Waals surface area contributed by atoms with Gasteiger partial charge in [-0.2, -0.15) is 0 Å². The van der Waals surface area contributed by atoms with Crippen LogP contribution in [0.1, 0.15) is 71.1 Å². The second-order valence-corrected chi connectivity index (χ2v) is 6.66. The van der Waals surface area contributed by atoms with Gasteiger partial charge in [-0.25, -0.2) is 0 Å². The molecule has 1 nitrogen and oxygen atoms in total. The van der Waals surface area contributed by atoms with E-state index in [1.807, 2.05) is 6.92 Å². The van der Waals surface area contributed by atoms with Gasteiger partial charge in [0.2, 0.25) is 0 Å². The Bertz CT molecular complexity index is 427. The molecular weight excluding hydrogens is 220 g/mol. The maximum absolute atomic E-state index is 10.3. The highest BCUT2D eigenvalue weighted by Gasteiger charge is 2.27. The van der Waals surface area contributed by atoms with Crippen molar-refractivity contribution >= 4 is 0 Å². The summed E-state index contributed by atoms with van der Waals surface area (Å²) in [5.74, 6) is 0.470. The molecule has 0 spiro atoms. The normalized spacial score (nSPS) is 12.8. The first-order valence-electron chi connectivity index (χ1n) is 7.00. The van der Waals surface area contributed by atoms with Crippen molar-refractivity contribution in [1.82, 2.24) is 0 Å². The third-order valence-corrected chi connectivity index (χ3v) is 4.58. The van der Waals surface area contributed by atoms with Crippen LogP contribution < -0.4 is 0 Å². The maximum atomic E-state index is 10.3. The van der Waals surface area contributed by atoms with Gasteiger partial charge in [-0.3, -0.25) is 0 Å². The van der Waals surface area contributed by atoms with Gasteiger partial charge in [-0.1, -0.05) is 53.7 Å². The molecule has 0 amide bonds. The highest BCUT2D eigenvalue weighted by atomic mass is 16.3. The van der Waals surface area contributed by atoms with Crippen LogP contribution in [0.5, 0.6) is 5.75 Å². The van der Waals surface area contributed by atoms with Crippen molar-refractivity contribution in [3.63, 3.8) is 0 Å². The Balaban J connectivity index is 3.46. The van der Waals surface area contributed by atoms with Crippen LogP contribution in [0.3, 0.4) is 0 Å². The van der Waals surface area contributed by atoms with Crippen molar-refractivity contribution in [2.75, 3.05) is 0 Å². The first-order valence-corrected chi connectivity index (χ1v) is 7.00. The van der Waals surface area contributed by atoms with Crippen LogP contribution in [0.25, 0.3) is 0 Å². The van der Waals surface area contributed by atoms with Crippen LogP contribution in [-0.2, 0) is 10.8 Å². The van der Waals surface area contributed by atoms with E-state index in [0.29, 0.717) is 5.75 Å². The fourth-order valence-corrected chi connectivity index (χ4v) is 2.08. The minimum Gasteiger partial charge on any atom is -0.507 e. The lowest BCUT2D eigenvalue weighted by atomic mass is 9.75. The van der Waals surface area contributed by atoms with Crippen molar-refractivity contribution in [3.05, 3.63) is 28.8 Å². The summed E-state index contributed by atoms with van der Waals surface area (Å²) in [6.45, 7) is 15.3. The zero-order valence-electron chi connectivity index (χ0n) is 13.0. The van der Waals surface area contributed by atoms with Gasteiger partial charge in [0.1, 0.15) is 5.75 Å². The van der Waals surface area contributed by atoms with Crippen molar-refractivity contribution < 1.29 is 5.11 Å². The quantitative estimate of drug-likeness (QED) is 0.788. The molecule has 1 rings (SSSR count). The van der Waals surface area contributed by atoms with E-state index in [1.165, 1.54) is 5.56 Å². The van der Waals surface area contributed by atoms with Crippen molar-refractivity contribution in [3.8, 4) is 5.75 Å². The smallest absolute Gasteiger partial charge is 0.122 e. The van der Waals surface area contributed by atoms with Gasteiger partial charge in [0.25, 0.3) is 0 Å². The molecule has 1 heteroatoms. The molecule has 0 atom stereocenters. The van der Waals surface area contributed by atoms with E-state index in [4.69, 9.17) is 0 Å². The maximum Gasteiger partial charge on any atom is 0.122 e. The SMILES string of the molecule is CCC(C)(C)c1cc(C)c(O)c(C(C)(C)CC)c1. The molecule has 0 saturated heterocycles. The Kier molecular flexibility index (Phi) is 4.15. The summed E-state index contributed by atoms with van der Waals surface area (Å²) in [5, 5.41) is 10.3. The Hall–Kier alpha value is -0.980. The standard InChI is InChI=1S/C17H28O/c1-8-16(4,5)13-10-12(3)15(18)14(11-13)17(6,7)9-2/h10-11,18H,8-9H2,1-7H3. The Morgan fingerprint density at radius 2 is 1.44 bits per heavy atom. The number of hydrogen-bond acceptors (Lipinski definition) is 1. The molecule has 0 fully saturated rings. The largest absolute Gasteiger partial charge is 0.507 e. The number of rotatable bonds is 4. The molecule has 1 aromatic carbocycles. The van der Waals surface area contributed by atoms with Crippen molar-refractivity contribution in [1.29, 1.82) is 0 Å². The summed E-state index contributed by atoms with van der Waals surface area (Å²) in [6, 6.07) is 4.34. The highest BCUT2D eigenvalue weighted by Crippen LogP contribution is 2.39. The van der Waals surface area contributed by atoms with Gasteiger partial charge in [-0.05, 0) is 41.7 Å². The van der Waals surface area contributed by atoms with Gasteiger partial charge in [0, 0.05) is 5.56 Å². The number of aromatic hydroxyl groups is 1. The van der Waals surface area contributed by atoms with Gasteiger partial charge in [-0.15, -0.1) is 0 Å². The topological polar surface area (TPSA) is 20.2 Å². The molecule has 0 unspecified atom stereocenters. The fourth-order valence-electron chi connectivity index (χ4n) is 2.08. The summed E-state index contributed by atoms with van der Waals surface area (Å²) < 4.78 is 0. The second kappa shape index (κ2) is 4.95. The first kappa shape index (κ1) is 15.1. The van der Waals surface area contributed by atoms with Crippen LogP contribution in [-0.4, -0.2) is 5.11 Å². The predicted octanol–water partition coefficient (Wildman–Crippen LogP) is 5.08. The monoisotopic (exact) mass is 248 g/mol. The molecule has 0 radical (unpaired) electrons. The fraction of sp³-hybridized carbons (Fsp3) is 0.647. The summed E-state index contributed by atoms with van der Waals surface area (Å²) >= 11 is 0. The Morgan fingerprint density at radius 1 is 0.944 bits per heavy atom. The highest BCUT2D eigenvalue weighted by molar-refractivity contribution is 5.48. The van der Waals surface area contributed by atoms with Gasteiger partial charge in [0.15, 0.2) is 0 Å². The van der Waals surface area contributed by atoms with E-state index >= 15 is 0 Å². The van der Waals surface area contributed by atoms with Crippen LogP contribution in [0, 0.1) is 6.92 Å². The molecule has 0 aliphatic rings. The zero-order valence-corrected chi connectivity index (χ0v) is 13.0. The molecule has 0 saturated carbocycles. The van der Waals surface area contributed by atoms with Crippen LogP contribution in [0.4, 0.5) is 0 Å². The summed E-state index contributed by atoms with van der Waals surface area (Å²) in [5.41, 5.74) is 3.59. The predicted molar refractivity (Wildman–Crippen MR) is 79.5 cm³/mol. The van der Waals surface area contributed by atoms with Gasteiger partial charge in [0.05, 0.1) is 0 Å². The van der Waals surface area contributed by atoms with Crippen molar-refractivity contribution in [2.24, 2.45) is 0 Å². The first-order chi connectivity index (χ1) is 8.15. The van der Waals surface area contributed by atoms with E-state index < -0.39 is 0 Å².